The molecule has 0 heterocycles. The van der Waals surface area contributed by atoms with Crippen molar-refractivity contribution in [3.05, 3.63) is 12.7 Å². The molecule has 0 spiro atoms. The number of alkyl halides is 1. The zero-order valence-corrected chi connectivity index (χ0v) is 15.1. The van der Waals surface area contributed by atoms with Crippen LogP contribution in [0.25, 0.3) is 0 Å². The van der Waals surface area contributed by atoms with Gasteiger partial charge in [0.2, 0.25) is 0 Å². The molecule has 1 atom stereocenters. The zero-order chi connectivity index (χ0) is 14.2. The molecule has 0 saturated carbocycles. The van der Waals surface area contributed by atoms with Crippen LogP contribution < -0.4 is 0 Å². The van der Waals surface area contributed by atoms with Gasteiger partial charge >= 0.3 is 0 Å². The average Bonchev–Trinajstić information content (AvgIpc) is 2.22. The Morgan fingerprint density at radius 1 is 1.33 bits per heavy atom. The monoisotopic (exact) mass is 330 g/mol. The van der Waals surface area contributed by atoms with Crippen molar-refractivity contribution in [2.45, 2.75) is 64.3 Å². The molecule has 1 nitrogen and oxygen atoms in total. The standard InChI is InChI=1S/C15H27BrOSi/c1-7-11-14(12-9-8-10-13-16)17-18(5,6)15(2,3)4/h7,14H,1,9,11-13H2,2-6H3. The molecule has 0 aromatic carbocycles. The summed E-state index contributed by atoms with van der Waals surface area (Å²) in [5.74, 6) is 6.19. The Kier molecular flexibility index (Phi) is 8.17. The first-order chi connectivity index (χ1) is 8.24. The molecule has 0 aromatic rings. The van der Waals surface area contributed by atoms with E-state index in [-0.39, 0.29) is 11.1 Å². The fourth-order valence-corrected chi connectivity index (χ4v) is 2.97. The van der Waals surface area contributed by atoms with Crippen LogP contribution in [-0.2, 0) is 4.43 Å². The van der Waals surface area contributed by atoms with Gasteiger partial charge in [0, 0.05) is 12.5 Å². The van der Waals surface area contributed by atoms with E-state index < -0.39 is 8.32 Å². The Morgan fingerprint density at radius 2 is 1.94 bits per heavy atom. The van der Waals surface area contributed by atoms with Gasteiger partial charge in [0.05, 0.1) is 5.33 Å². The lowest BCUT2D eigenvalue weighted by atomic mass is 10.1. The van der Waals surface area contributed by atoms with Crippen LogP contribution in [0.1, 0.15) is 40.0 Å². The number of halogens is 1. The van der Waals surface area contributed by atoms with Gasteiger partial charge in [-0.1, -0.05) is 48.7 Å². The van der Waals surface area contributed by atoms with Crippen LogP contribution in [-0.4, -0.2) is 19.8 Å². The Morgan fingerprint density at radius 3 is 2.39 bits per heavy atom. The summed E-state index contributed by atoms with van der Waals surface area (Å²) in [7, 11) is -1.68. The van der Waals surface area contributed by atoms with Crippen molar-refractivity contribution in [2.75, 3.05) is 5.33 Å². The van der Waals surface area contributed by atoms with Crippen molar-refractivity contribution in [1.82, 2.24) is 0 Å². The molecular weight excluding hydrogens is 304 g/mol. The summed E-state index contributed by atoms with van der Waals surface area (Å²) < 4.78 is 6.41. The summed E-state index contributed by atoms with van der Waals surface area (Å²) in [5.41, 5.74) is 0. The van der Waals surface area contributed by atoms with Crippen LogP contribution in [0.15, 0.2) is 12.7 Å². The molecule has 18 heavy (non-hydrogen) atoms. The second-order valence-corrected chi connectivity index (χ2v) is 11.4. The lowest BCUT2D eigenvalue weighted by molar-refractivity contribution is 0.175. The third-order valence-electron chi connectivity index (χ3n) is 3.48. The smallest absolute Gasteiger partial charge is 0.192 e. The Labute approximate surface area is 123 Å². The van der Waals surface area contributed by atoms with Crippen LogP contribution in [0, 0.1) is 11.8 Å². The molecule has 0 fully saturated rings. The average molecular weight is 331 g/mol. The van der Waals surface area contributed by atoms with Crippen molar-refractivity contribution in [3.8, 4) is 11.8 Å². The molecule has 0 N–H and O–H groups in total. The summed E-state index contributed by atoms with van der Waals surface area (Å²) in [6.07, 6.45) is 5.04. The quantitative estimate of drug-likeness (QED) is 0.284. The highest BCUT2D eigenvalue weighted by Crippen LogP contribution is 2.38. The van der Waals surface area contributed by atoms with E-state index in [1.807, 2.05) is 6.08 Å². The van der Waals surface area contributed by atoms with E-state index in [9.17, 15) is 0 Å². The van der Waals surface area contributed by atoms with Gasteiger partial charge in [-0.05, 0) is 31.0 Å². The van der Waals surface area contributed by atoms with Crippen LogP contribution in [0.4, 0.5) is 0 Å². The molecule has 0 amide bonds. The fraction of sp³-hybridized carbons (Fsp3) is 0.733. The summed E-state index contributed by atoms with van der Waals surface area (Å²) >= 11 is 3.31. The minimum atomic E-state index is -1.68. The van der Waals surface area contributed by atoms with Crippen LogP contribution in [0.2, 0.25) is 18.1 Å². The summed E-state index contributed by atoms with van der Waals surface area (Å²) in [6, 6.07) is 0. The maximum Gasteiger partial charge on any atom is 0.192 e. The molecule has 0 aliphatic carbocycles. The van der Waals surface area contributed by atoms with Gasteiger partial charge in [-0.25, -0.2) is 0 Å². The molecule has 0 aliphatic rings. The summed E-state index contributed by atoms with van der Waals surface area (Å²) in [5, 5.41) is 1.01. The van der Waals surface area contributed by atoms with E-state index in [0.29, 0.717) is 0 Å². The van der Waals surface area contributed by atoms with Gasteiger partial charge in [-0.2, -0.15) is 0 Å². The zero-order valence-electron chi connectivity index (χ0n) is 12.5. The summed E-state index contributed by atoms with van der Waals surface area (Å²) in [6.45, 7) is 15.2. The number of hydrogen-bond donors (Lipinski definition) is 0. The maximum absolute atomic E-state index is 6.41. The molecule has 0 aromatic heterocycles. The highest BCUT2D eigenvalue weighted by atomic mass is 79.9. The van der Waals surface area contributed by atoms with Crippen LogP contribution in [0.5, 0.6) is 0 Å². The SMILES string of the molecule is C=CCC(CCC#CCBr)O[Si](C)(C)C(C)(C)C. The van der Waals surface area contributed by atoms with E-state index in [1.165, 1.54) is 0 Å². The molecular formula is C15H27BrOSi. The van der Waals surface area contributed by atoms with Crippen molar-refractivity contribution >= 4 is 24.2 Å². The molecule has 104 valence electrons. The molecule has 0 radical (unpaired) electrons. The third kappa shape index (κ3) is 6.77. The van der Waals surface area contributed by atoms with Crippen LogP contribution in [0.3, 0.4) is 0 Å². The van der Waals surface area contributed by atoms with E-state index in [1.54, 1.807) is 0 Å². The van der Waals surface area contributed by atoms with E-state index >= 15 is 0 Å². The molecule has 1 unspecified atom stereocenters. The lowest BCUT2D eigenvalue weighted by Crippen LogP contribution is -2.43. The molecule has 0 saturated heterocycles. The number of hydrogen-bond acceptors (Lipinski definition) is 1. The Bertz CT molecular complexity index is 307. The van der Waals surface area contributed by atoms with Crippen LogP contribution >= 0.6 is 15.9 Å². The van der Waals surface area contributed by atoms with Gasteiger partial charge < -0.3 is 4.43 Å². The van der Waals surface area contributed by atoms with Crippen molar-refractivity contribution in [3.63, 3.8) is 0 Å². The largest absolute Gasteiger partial charge is 0.414 e. The maximum atomic E-state index is 6.41. The Hall–Kier alpha value is -0.0431. The minimum absolute atomic E-state index is 0.258. The predicted octanol–water partition coefficient (Wildman–Crippen LogP) is 5.13. The van der Waals surface area contributed by atoms with E-state index in [2.05, 4.69) is 68.2 Å². The lowest BCUT2D eigenvalue weighted by Gasteiger charge is -2.39. The number of rotatable bonds is 6. The van der Waals surface area contributed by atoms with Crippen molar-refractivity contribution in [2.24, 2.45) is 0 Å². The molecule has 0 aliphatic heterocycles. The topological polar surface area (TPSA) is 9.23 Å². The normalized spacial score (nSPS) is 13.7. The van der Waals surface area contributed by atoms with Crippen molar-refractivity contribution < 1.29 is 4.43 Å². The van der Waals surface area contributed by atoms with E-state index in [0.717, 1.165) is 24.6 Å². The highest BCUT2D eigenvalue weighted by Gasteiger charge is 2.38. The third-order valence-corrected chi connectivity index (χ3v) is 8.30. The van der Waals surface area contributed by atoms with E-state index in [4.69, 9.17) is 4.43 Å². The fourth-order valence-electron chi connectivity index (χ4n) is 1.37. The first-order valence-electron chi connectivity index (χ1n) is 6.55. The minimum Gasteiger partial charge on any atom is -0.414 e. The first-order valence-corrected chi connectivity index (χ1v) is 10.6. The molecule has 3 heteroatoms. The Balaban J connectivity index is 4.47. The second-order valence-electron chi connectivity index (χ2n) is 6.05. The van der Waals surface area contributed by atoms with Gasteiger partial charge in [0.15, 0.2) is 8.32 Å². The van der Waals surface area contributed by atoms with Crippen molar-refractivity contribution in [1.29, 1.82) is 0 Å². The molecule has 0 rings (SSSR count). The predicted molar refractivity (Wildman–Crippen MR) is 87.7 cm³/mol. The van der Waals surface area contributed by atoms with Gasteiger partial charge in [-0.15, -0.1) is 12.5 Å². The van der Waals surface area contributed by atoms with Gasteiger partial charge in [0.25, 0.3) is 0 Å². The van der Waals surface area contributed by atoms with Gasteiger partial charge in [-0.3, -0.25) is 0 Å². The van der Waals surface area contributed by atoms with Gasteiger partial charge in [0.1, 0.15) is 0 Å². The first kappa shape index (κ1) is 18.0. The second kappa shape index (κ2) is 8.19. The summed E-state index contributed by atoms with van der Waals surface area (Å²) in [4.78, 5) is 0. The molecule has 0 bridgehead atoms. The highest BCUT2D eigenvalue weighted by molar-refractivity contribution is 9.09.